The summed E-state index contributed by atoms with van der Waals surface area (Å²) in [6.07, 6.45) is 11.2. The van der Waals surface area contributed by atoms with Crippen LogP contribution in [0.1, 0.15) is 53.9 Å². The molecule has 5 nitrogen and oxygen atoms in total. The smallest absolute Gasteiger partial charge is 0.313 e. The average Bonchev–Trinajstić information content (AvgIpc) is 2.65. The Morgan fingerprint density at radius 1 is 1.28 bits per heavy atom. The Hall–Kier alpha value is -1.43. The summed E-state index contributed by atoms with van der Waals surface area (Å²) in [5.74, 6) is -0.556. The lowest BCUT2D eigenvalue weighted by molar-refractivity contribution is -0.282. The van der Waals surface area contributed by atoms with Crippen molar-refractivity contribution < 1.29 is 23.8 Å². The van der Waals surface area contributed by atoms with E-state index >= 15 is 0 Å². The van der Waals surface area contributed by atoms with Crippen molar-refractivity contribution in [2.75, 3.05) is 19.6 Å². The predicted molar refractivity (Wildman–Crippen MR) is 116 cm³/mol. The van der Waals surface area contributed by atoms with Crippen LogP contribution in [0, 0.1) is 11.3 Å². The molecule has 2 atom stereocenters. The SMILES string of the molecule is COC(=O)CC(=O)C(C)(C)/C=C/C=C/[C@H]1OC(C)(C)OC[C@H]1CC/C=C(\C)CCl. The van der Waals surface area contributed by atoms with E-state index in [0.29, 0.717) is 12.5 Å². The number of hydrogen-bond donors (Lipinski definition) is 0. The Labute approximate surface area is 180 Å². The minimum atomic E-state index is -0.752. The van der Waals surface area contributed by atoms with Crippen LogP contribution in [0.15, 0.2) is 36.0 Å². The summed E-state index contributed by atoms with van der Waals surface area (Å²) >= 11 is 5.83. The van der Waals surface area contributed by atoms with Gasteiger partial charge in [0.1, 0.15) is 6.42 Å². The molecule has 0 aromatic heterocycles. The van der Waals surface area contributed by atoms with E-state index in [0.717, 1.165) is 12.8 Å². The Kier molecular flexibility index (Phi) is 10.3. The number of ketones is 1. The Bertz CT molecular complexity index is 646. The topological polar surface area (TPSA) is 61.8 Å². The normalized spacial score (nSPS) is 22.9. The van der Waals surface area contributed by atoms with Crippen molar-refractivity contribution in [1.82, 2.24) is 0 Å². The zero-order valence-electron chi connectivity index (χ0n) is 18.5. The number of allylic oxidation sites excluding steroid dienone is 5. The number of methoxy groups -OCH3 is 1. The van der Waals surface area contributed by atoms with Crippen LogP contribution in [-0.4, -0.2) is 43.2 Å². The van der Waals surface area contributed by atoms with Gasteiger partial charge in [0.15, 0.2) is 11.6 Å². The highest BCUT2D eigenvalue weighted by Crippen LogP contribution is 2.30. The van der Waals surface area contributed by atoms with Gasteiger partial charge in [0.05, 0.1) is 19.8 Å². The molecule has 0 saturated carbocycles. The molecule has 0 spiro atoms. The van der Waals surface area contributed by atoms with Crippen LogP contribution in [0.3, 0.4) is 0 Å². The lowest BCUT2D eigenvalue weighted by Gasteiger charge is -2.40. The van der Waals surface area contributed by atoms with E-state index in [1.165, 1.54) is 12.7 Å². The summed E-state index contributed by atoms with van der Waals surface area (Å²) in [4.78, 5) is 23.6. The lowest BCUT2D eigenvalue weighted by atomic mass is 9.86. The van der Waals surface area contributed by atoms with Crippen molar-refractivity contribution in [3.8, 4) is 0 Å². The first kappa shape index (κ1) is 25.6. The van der Waals surface area contributed by atoms with Gasteiger partial charge in [-0.25, -0.2) is 0 Å². The molecule has 1 aliphatic rings. The number of Topliss-reactive ketones (excluding diaryl/α,β-unsaturated/α-hetero) is 1. The molecule has 1 saturated heterocycles. The van der Waals surface area contributed by atoms with Crippen molar-refractivity contribution in [1.29, 1.82) is 0 Å². The van der Waals surface area contributed by atoms with Crippen LogP contribution in [0.25, 0.3) is 0 Å². The molecular formula is C23H35ClO5. The molecule has 0 aliphatic carbocycles. The summed E-state index contributed by atoms with van der Waals surface area (Å²) in [6, 6.07) is 0. The standard InChI is InChI=1S/C23H35ClO5/c1-17(15-24)10-9-11-18-16-28-23(4,5)29-19(18)12-7-8-13-22(2,3)20(25)14-21(26)27-6/h7-8,10,12-13,18-19H,9,11,14-16H2,1-6H3/b12-7+,13-8+,17-10+/t18-,19-/m1/s1. The van der Waals surface area contributed by atoms with Crippen LogP contribution in [-0.2, 0) is 23.8 Å². The summed E-state index contributed by atoms with van der Waals surface area (Å²) in [6.45, 7) is 10.0. The third-order valence-corrected chi connectivity index (χ3v) is 5.37. The minimum absolute atomic E-state index is 0.0815. The predicted octanol–water partition coefficient (Wildman–Crippen LogP) is 4.99. The molecule has 0 aromatic rings. The Balaban J connectivity index is 2.75. The number of halogens is 1. The van der Waals surface area contributed by atoms with Crippen molar-refractivity contribution in [2.24, 2.45) is 11.3 Å². The van der Waals surface area contributed by atoms with Crippen molar-refractivity contribution in [2.45, 2.75) is 65.8 Å². The summed E-state index contributed by atoms with van der Waals surface area (Å²) in [5.41, 5.74) is 0.413. The van der Waals surface area contributed by atoms with Gasteiger partial charge in [-0.05, 0) is 47.5 Å². The number of carbonyl (C=O) groups is 2. The molecular weight excluding hydrogens is 392 g/mol. The van der Waals surface area contributed by atoms with Crippen LogP contribution < -0.4 is 0 Å². The fourth-order valence-corrected chi connectivity index (χ4v) is 3.01. The number of alkyl halides is 1. The molecule has 0 bridgehead atoms. The monoisotopic (exact) mass is 426 g/mol. The number of rotatable bonds is 10. The maximum Gasteiger partial charge on any atom is 0.313 e. The second-order valence-corrected chi connectivity index (χ2v) is 8.72. The maximum absolute atomic E-state index is 12.2. The van der Waals surface area contributed by atoms with E-state index in [-0.39, 0.29) is 24.2 Å². The summed E-state index contributed by atoms with van der Waals surface area (Å²) in [5, 5.41) is 0. The third kappa shape index (κ3) is 9.28. The third-order valence-electron chi connectivity index (χ3n) is 4.95. The van der Waals surface area contributed by atoms with E-state index in [1.807, 2.05) is 39.0 Å². The molecule has 0 radical (unpaired) electrons. The highest BCUT2D eigenvalue weighted by Gasteiger charge is 2.34. The van der Waals surface area contributed by atoms with Gasteiger partial charge in [-0.15, -0.1) is 11.6 Å². The van der Waals surface area contributed by atoms with E-state index in [4.69, 9.17) is 21.1 Å². The fraction of sp³-hybridized carbons (Fsp3) is 0.652. The highest BCUT2D eigenvalue weighted by molar-refractivity contribution is 6.19. The van der Waals surface area contributed by atoms with Gasteiger partial charge in [0, 0.05) is 17.2 Å². The van der Waals surface area contributed by atoms with E-state index < -0.39 is 17.2 Å². The molecule has 29 heavy (non-hydrogen) atoms. The summed E-state index contributed by atoms with van der Waals surface area (Å²) < 4.78 is 16.5. The number of carbonyl (C=O) groups excluding carboxylic acids is 2. The van der Waals surface area contributed by atoms with Crippen molar-refractivity contribution >= 4 is 23.4 Å². The van der Waals surface area contributed by atoms with Gasteiger partial charge >= 0.3 is 5.97 Å². The van der Waals surface area contributed by atoms with Crippen LogP contribution >= 0.6 is 11.6 Å². The first-order chi connectivity index (χ1) is 13.5. The molecule has 6 heteroatoms. The zero-order valence-corrected chi connectivity index (χ0v) is 19.3. The molecule has 0 amide bonds. The van der Waals surface area contributed by atoms with Crippen LogP contribution in [0.5, 0.6) is 0 Å². The van der Waals surface area contributed by atoms with Gasteiger partial charge in [0.25, 0.3) is 0 Å². The zero-order chi connectivity index (χ0) is 22.1. The molecule has 1 aliphatic heterocycles. The molecule has 0 unspecified atom stereocenters. The van der Waals surface area contributed by atoms with E-state index in [9.17, 15) is 9.59 Å². The van der Waals surface area contributed by atoms with E-state index in [1.54, 1.807) is 19.9 Å². The van der Waals surface area contributed by atoms with Gasteiger partial charge in [-0.2, -0.15) is 0 Å². The molecule has 1 rings (SSSR count). The second kappa shape index (κ2) is 11.7. The second-order valence-electron chi connectivity index (χ2n) is 8.46. The van der Waals surface area contributed by atoms with Gasteiger partial charge < -0.3 is 14.2 Å². The quantitative estimate of drug-likeness (QED) is 0.162. The van der Waals surface area contributed by atoms with Gasteiger partial charge in [0.2, 0.25) is 0 Å². The van der Waals surface area contributed by atoms with Crippen LogP contribution in [0.4, 0.5) is 0 Å². The number of hydrogen-bond acceptors (Lipinski definition) is 5. The molecule has 164 valence electrons. The summed E-state index contributed by atoms with van der Waals surface area (Å²) in [7, 11) is 1.28. The van der Waals surface area contributed by atoms with Gasteiger partial charge in [-0.1, -0.05) is 36.0 Å². The first-order valence-electron chi connectivity index (χ1n) is 10.00. The minimum Gasteiger partial charge on any atom is -0.469 e. The molecule has 0 N–H and O–H groups in total. The van der Waals surface area contributed by atoms with Gasteiger partial charge in [-0.3, -0.25) is 9.59 Å². The molecule has 1 fully saturated rings. The number of esters is 1. The molecule has 1 heterocycles. The Morgan fingerprint density at radius 3 is 2.59 bits per heavy atom. The molecule has 0 aromatic carbocycles. The highest BCUT2D eigenvalue weighted by atomic mass is 35.5. The average molecular weight is 427 g/mol. The Morgan fingerprint density at radius 2 is 1.97 bits per heavy atom. The maximum atomic E-state index is 12.2. The largest absolute Gasteiger partial charge is 0.469 e. The van der Waals surface area contributed by atoms with Crippen LogP contribution in [0.2, 0.25) is 0 Å². The number of ether oxygens (including phenoxy) is 3. The lowest BCUT2D eigenvalue weighted by Crippen LogP contribution is -2.44. The first-order valence-corrected chi connectivity index (χ1v) is 10.5. The van der Waals surface area contributed by atoms with Crippen molar-refractivity contribution in [3.63, 3.8) is 0 Å². The van der Waals surface area contributed by atoms with E-state index in [2.05, 4.69) is 10.8 Å². The van der Waals surface area contributed by atoms with Crippen molar-refractivity contribution in [3.05, 3.63) is 36.0 Å². The fourth-order valence-electron chi connectivity index (χ4n) is 2.90.